The van der Waals surface area contributed by atoms with Gasteiger partial charge < -0.3 is 9.30 Å². The third-order valence-electron chi connectivity index (χ3n) is 9.98. The first-order valence-electron chi connectivity index (χ1n) is 16.7. The molecule has 50 heavy (non-hydrogen) atoms. The summed E-state index contributed by atoms with van der Waals surface area (Å²) in [7, 11) is 0. The standard InChI is InChI=1S/C44H27N5O/c1-2-12-28(13-3-1)48-36-18-8-6-16-33(36)42-41-32-15-5-9-19-37(32)49(40-20-10-11-23-45-40)38(41)27-39(43(42)48)50-29-21-22-30-31-14-4-7-17-35(31)47-25-24-46-44(47)34(30)26-29/h1-27H. The van der Waals surface area contributed by atoms with Crippen LogP contribution < -0.4 is 4.74 Å². The van der Waals surface area contributed by atoms with E-state index >= 15 is 0 Å². The second kappa shape index (κ2) is 10.3. The number of hydrogen-bond donors (Lipinski definition) is 0. The van der Waals surface area contributed by atoms with Crippen molar-refractivity contribution in [3.05, 3.63) is 164 Å². The number of hydrogen-bond acceptors (Lipinski definition) is 3. The summed E-state index contributed by atoms with van der Waals surface area (Å²) in [5, 5.41) is 7.99. The molecule has 6 aromatic carbocycles. The van der Waals surface area contributed by atoms with Crippen molar-refractivity contribution in [2.24, 2.45) is 0 Å². The van der Waals surface area contributed by atoms with Crippen molar-refractivity contribution >= 4 is 70.9 Å². The van der Waals surface area contributed by atoms with Crippen LogP contribution in [0.25, 0.3) is 82.4 Å². The van der Waals surface area contributed by atoms with Gasteiger partial charge in [0.1, 0.15) is 17.2 Å². The van der Waals surface area contributed by atoms with Crippen LogP contribution in [0.15, 0.2) is 164 Å². The van der Waals surface area contributed by atoms with Crippen molar-refractivity contribution in [2.75, 3.05) is 0 Å². The lowest BCUT2D eigenvalue weighted by atomic mass is 10.0. The Bertz CT molecular complexity index is 3120. The zero-order chi connectivity index (χ0) is 32.8. The monoisotopic (exact) mass is 641 g/mol. The molecule has 0 saturated heterocycles. The maximum absolute atomic E-state index is 7.13. The van der Waals surface area contributed by atoms with Crippen LogP contribution in [0.2, 0.25) is 0 Å². The largest absolute Gasteiger partial charge is 0.455 e. The van der Waals surface area contributed by atoms with Crippen LogP contribution in [-0.4, -0.2) is 23.5 Å². The third kappa shape index (κ3) is 3.73. The first-order chi connectivity index (χ1) is 24.8. The summed E-state index contributed by atoms with van der Waals surface area (Å²) < 4.78 is 13.9. The Morgan fingerprint density at radius 3 is 1.96 bits per heavy atom. The van der Waals surface area contributed by atoms with E-state index in [2.05, 4.69) is 147 Å². The van der Waals surface area contributed by atoms with Gasteiger partial charge in [-0.3, -0.25) is 8.97 Å². The Kier molecular flexibility index (Phi) is 5.57. The Balaban J connectivity index is 1.28. The van der Waals surface area contributed by atoms with E-state index in [1.54, 1.807) is 0 Å². The smallest absolute Gasteiger partial charge is 0.154 e. The average molecular weight is 642 g/mol. The molecule has 0 amide bonds. The molecule has 0 radical (unpaired) electrons. The normalized spacial score (nSPS) is 12.0. The second-order valence-corrected chi connectivity index (χ2v) is 12.7. The van der Waals surface area contributed by atoms with Crippen molar-refractivity contribution in [3.8, 4) is 23.0 Å². The van der Waals surface area contributed by atoms with Crippen LogP contribution in [-0.2, 0) is 0 Å². The fraction of sp³-hybridized carbons (Fsp3) is 0. The molecule has 0 unspecified atom stereocenters. The van der Waals surface area contributed by atoms with E-state index in [1.165, 1.54) is 16.2 Å². The molecule has 6 heteroatoms. The Labute approximate surface area is 285 Å². The number of fused-ring (bicyclic) bond motifs is 13. The van der Waals surface area contributed by atoms with Gasteiger partial charge in [0.05, 0.1) is 27.6 Å². The van der Waals surface area contributed by atoms with Gasteiger partial charge in [-0.25, -0.2) is 9.97 Å². The van der Waals surface area contributed by atoms with E-state index in [9.17, 15) is 0 Å². The second-order valence-electron chi connectivity index (χ2n) is 12.7. The van der Waals surface area contributed by atoms with E-state index < -0.39 is 0 Å². The molecular weight excluding hydrogens is 615 g/mol. The number of aromatic nitrogens is 5. The highest BCUT2D eigenvalue weighted by Crippen LogP contribution is 2.47. The molecule has 0 aliphatic heterocycles. The maximum atomic E-state index is 7.13. The molecular formula is C44H27N5O. The molecule has 0 fully saturated rings. The number of para-hydroxylation sites is 4. The SMILES string of the molecule is c1ccc(-n2c3ccccc3c3c4c5ccccc5n(-c5ccccn5)c4cc(Oc4ccc5c6ccccc6n6ccnc6c5c4)c32)cc1. The highest BCUT2D eigenvalue weighted by Gasteiger charge is 2.25. The van der Waals surface area contributed by atoms with Gasteiger partial charge in [0.25, 0.3) is 0 Å². The van der Waals surface area contributed by atoms with Crippen LogP contribution in [0.5, 0.6) is 11.5 Å². The van der Waals surface area contributed by atoms with E-state index in [4.69, 9.17) is 14.7 Å². The summed E-state index contributed by atoms with van der Waals surface area (Å²) >= 11 is 0. The van der Waals surface area contributed by atoms with Gasteiger partial charge in [-0.05, 0) is 66.0 Å². The fourth-order valence-corrected chi connectivity index (χ4v) is 7.98. The first kappa shape index (κ1) is 27.1. The molecule has 5 heterocycles. The number of imidazole rings is 1. The predicted molar refractivity (Wildman–Crippen MR) is 203 cm³/mol. The number of pyridine rings is 2. The van der Waals surface area contributed by atoms with Gasteiger partial charge in [-0.15, -0.1) is 0 Å². The lowest BCUT2D eigenvalue weighted by molar-refractivity contribution is 0.488. The highest BCUT2D eigenvalue weighted by molar-refractivity contribution is 6.30. The third-order valence-corrected chi connectivity index (χ3v) is 9.98. The molecule has 0 bridgehead atoms. The molecule has 0 saturated carbocycles. The van der Waals surface area contributed by atoms with Gasteiger partial charge in [0, 0.05) is 62.7 Å². The number of ether oxygens (including phenoxy) is 1. The lowest BCUT2D eigenvalue weighted by Crippen LogP contribution is -1.98. The van der Waals surface area contributed by atoms with Gasteiger partial charge in [-0.2, -0.15) is 0 Å². The molecule has 6 nitrogen and oxygen atoms in total. The summed E-state index contributed by atoms with van der Waals surface area (Å²) in [4.78, 5) is 9.60. The molecule has 0 spiro atoms. The summed E-state index contributed by atoms with van der Waals surface area (Å²) in [6.45, 7) is 0. The van der Waals surface area contributed by atoms with Crippen molar-refractivity contribution in [3.63, 3.8) is 0 Å². The molecule has 0 aliphatic carbocycles. The predicted octanol–water partition coefficient (Wildman–Crippen LogP) is 11.0. The van der Waals surface area contributed by atoms with E-state index in [1.807, 2.05) is 30.7 Å². The number of rotatable bonds is 4. The Morgan fingerprint density at radius 2 is 1.16 bits per heavy atom. The molecule has 11 rings (SSSR count). The molecule has 0 N–H and O–H groups in total. The van der Waals surface area contributed by atoms with Crippen molar-refractivity contribution in [1.82, 2.24) is 23.5 Å². The first-order valence-corrected chi connectivity index (χ1v) is 16.7. The minimum atomic E-state index is 0.740. The van der Waals surface area contributed by atoms with Gasteiger partial charge in [0.2, 0.25) is 0 Å². The summed E-state index contributed by atoms with van der Waals surface area (Å²) in [5.74, 6) is 2.35. The highest BCUT2D eigenvalue weighted by atomic mass is 16.5. The number of benzene rings is 6. The van der Waals surface area contributed by atoms with Crippen molar-refractivity contribution in [1.29, 1.82) is 0 Å². The van der Waals surface area contributed by atoms with Crippen LogP contribution >= 0.6 is 0 Å². The Hall–Kier alpha value is -6.92. The van der Waals surface area contributed by atoms with E-state index in [0.29, 0.717) is 0 Å². The van der Waals surface area contributed by atoms with E-state index in [-0.39, 0.29) is 0 Å². The van der Waals surface area contributed by atoms with E-state index in [0.717, 1.165) is 77.8 Å². The topological polar surface area (TPSA) is 49.3 Å². The fourth-order valence-electron chi connectivity index (χ4n) is 7.98. The Morgan fingerprint density at radius 1 is 0.460 bits per heavy atom. The molecule has 234 valence electrons. The zero-order valence-electron chi connectivity index (χ0n) is 26.7. The van der Waals surface area contributed by atoms with Crippen LogP contribution in [0, 0.1) is 0 Å². The maximum Gasteiger partial charge on any atom is 0.154 e. The summed E-state index contributed by atoms with van der Waals surface area (Å²) in [5.41, 5.74) is 7.35. The summed E-state index contributed by atoms with van der Waals surface area (Å²) in [6, 6.07) is 50.9. The zero-order valence-corrected chi connectivity index (χ0v) is 26.7. The minimum absolute atomic E-state index is 0.740. The average Bonchev–Trinajstić information content (AvgIpc) is 3.89. The molecule has 0 atom stereocenters. The van der Waals surface area contributed by atoms with Crippen LogP contribution in [0.3, 0.4) is 0 Å². The number of nitrogens with zero attached hydrogens (tertiary/aromatic N) is 5. The van der Waals surface area contributed by atoms with Crippen LogP contribution in [0.4, 0.5) is 0 Å². The van der Waals surface area contributed by atoms with Crippen molar-refractivity contribution < 1.29 is 4.74 Å². The van der Waals surface area contributed by atoms with Crippen LogP contribution in [0.1, 0.15) is 0 Å². The summed E-state index contributed by atoms with van der Waals surface area (Å²) in [6.07, 6.45) is 5.74. The molecule has 0 aliphatic rings. The van der Waals surface area contributed by atoms with Crippen molar-refractivity contribution in [2.45, 2.75) is 0 Å². The lowest BCUT2D eigenvalue weighted by Gasteiger charge is -2.15. The molecule has 5 aromatic heterocycles. The van der Waals surface area contributed by atoms with Gasteiger partial charge >= 0.3 is 0 Å². The quantitative estimate of drug-likeness (QED) is 0.180. The van der Waals surface area contributed by atoms with Gasteiger partial charge in [-0.1, -0.05) is 78.9 Å². The molecule has 11 aromatic rings. The minimum Gasteiger partial charge on any atom is -0.455 e. The van der Waals surface area contributed by atoms with Gasteiger partial charge in [0.15, 0.2) is 5.75 Å².